The fraction of sp³-hybridized carbons (Fsp3) is 0.222. The third kappa shape index (κ3) is 2.90. The second-order valence-corrected chi connectivity index (χ2v) is 6.47. The summed E-state index contributed by atoms with van der Waals surface area (Å²) < 4.78 is 0. The SMILES string of the molecule is O=[N+]([O-])c1ccc(N2CCN(c3ncccc3Cl)CC2)c2ccncc12. The molecule has 2 aromatic heterocycles. The van der Waals surface area contributed by atoms with E-state index < -0.39 is 0 Å². The number of nitro benzene ring substituents is 1. The van der Waals surface area contributed by atoms with Crippen molar-refractivity contribution >= 4 is 39.6 Å². The van der Waals surface area contributed by atoms with Gasteiger partial charge in [-0.15, -0.1) is 0 Å². The summed E-state index contributed by atoms with van der Waals surface area (Å²) in [5, 5.41) is 13.3. The minimum absolute atomic E-state index is 0.0794. The van der Waals surface area contributed by atoms with Crippen LogP contribution in [0.25, 0.3) is 10.8 Å². The monoisotopic (exact) mass is 369 g/mol. The maximum atomic E-state index is 11.3. The van der Waals surface area contributed by atoms with Crippen LogP contribution in [-0.4, -0.2) is 41.1 Å². The summed E-state index contributed by atoms with van der Waals surface area (Å²) in [7, 11) is 0. The van der Waals surface area contributed by atoms with E-state index in [-0.39, 0.29) is 10.6 Å². The van der Waals surface area contributed by atoms with Crippen molar-refractivity contribution in [1.82, 2.24) is 9.97 Å². The predicted octanol–water partition coefficient (Wildman–Crippen LogP) is 3.52. The highest BCUT2D eigenvalue weighted by Gasteiger charge is 2.23. The Morgan fingerprint density at radius 1 is 1.00 bits per heavy atom. The lowest BCUT2D eigenvalue weighted by atomic mass is 10.1. The van der Waals surface area contributed by atoms with Crippen LogP contribution in [0.4, 0.5) is 17.2 Å². The number of nitro groups is 1. The highest BCUT2D eigenvalue weighted by atomic mass is 35.5. The van der Waals surface area contributed by atoms with Gasteiger partial charge in [0.05, 0.1) is 15.3 Å². The van der Waals surface area contributed by atoms with Crippen molar-refractivity contribution < 1.29 is 4.92 Å². The molecular formula is C18H16ClN5O2. The van der Waals surface area contributed by atoms with Crippen LogP contribution in [-0.2, 0) is 0 Å². The van der Waals surface area contributed by atoms with Gasteiger partial charge in [0.25, 0.3) is 5.69 Å². The van der Waals surface area contributed by atoms with Crippen molar-refractivity contribution in [3.8, 4) is 0 Å². The van der Waals surface area contributed by atoms with E-state index >= 15 is 0 Å². The van der Waals surface area contributed by atoms with E-state index in [4.69, 9.17) is 11.6 Å². The summed E-state index contributed by atoms with van der Waals surface area (Å²) in [6.07, 6.45) is 4.96. The van der Waals surface area contributed by atoms with Gasteiger partial charge >= 0.3 is 0 Å². The number of nitrogens with zero attached hydrogens (tertiary/aromatic N) is 5. The van der Waals surface area contributed by atoms with Gasteiger partial charge in [0.15, 0.2) is 0 Å². The Hall–Kier alpha value is -2.93. The second kappa shape index (κ2) is 6.76. The lowest BCUT2D eigenvalue weighted by Gasteiger charge is -2.37. The Morgan fingerprint density at radius 3 is 2.50 bits per heavy atom. The summed E-state index contributed by atoms with van der Waals surface area (Å²) in [6, 6.07) is 8.87. The summed E-state index contributed by atoms with van der Waals surface area (Å²) in [5.41, 5.74) is 1.07. The van der Waals surface area contributed by atoms with Gasteiger partial charge in [0.1, 0.15) is 5.82 Å². The van der Waals surface area contributed by atoms with Crippen molar-refractivity contribution in [1.29, 1.82) is 0 Å². The number of aromatic nitrogens is 2. The number of hydrogen-bond acceptors (Lipinski definition) is 6. The Balaban J connectivity index is 1.62. The molecule has 0 aliphatic carbocycles. The molecule has 0 amide bonds. The second-order valence-electron chi connectivity index (χ2n) is 6.07. The molecule has 0 radical (unpaired) electrons. The highest BCUT2D eigenvalue weighted by molar-refractivity contribution is 6.32. The molecule has 4 rings (SSSR count). The lowest BCUT2D eigenvalue weighted by Crippen LogP contribution is -2.47. The topological polar surface area (TPSA) is 75.4 Å². The molecule has 0 saturated carbocycles. The molecule has 0 atom stereocenters. The molecule has 132 valence electrons. The number of anilines is 2. The average Bonchev–Trinajstić information content (AvgIpc) is 2.67. The third-order valence-corrected chi connectivity index (χ3v) is 4.92. The number of rotatable bonds is 3. The third-order valence-electron chi connectivity index (χ3n) is 4.63. The molecule has 1 aromatic carbocycles. The summed E-state index contributed by atoms with van der Waals surface area (Å²) in [6.45, 7) is 3.12. The molecule has 26 heavy (non-hydrogen) atoms. The number of non-ortho nitro benzene ring substituents is 1. The fourth-order valence-electron chi connectivity index (χ4n) is 3.36. The number of pyridine rings is 2. The number of fused-ring (bicyclic) bond motifs is 1. The van der Waals surface area contributed by atoms with Gasteiger partial charge < -0.3 is 9.80 Å². The Kier molecular flexibility index (Phi) is 4.30. The molecule has 0 unspecified atom stereocenters. The van der Waals surface area contributed by atoms with Gasteiger partial charge in [-0.3, -0.25) is 15.1 Å². The van der Waals surface area contributed by atoms with Gasteiger partial charge in [-0.1, -0.05) is 11.6 Å². The van der Waals surface area contributed by atoms with Gasteiger partial charge in [0.2, 0.25) is 0 Å². The Labute approximate surface area is 155 Å². The predicted molar refractivity (Wildman–Crippen MR) is 102 cm³/mol. The number of halogens is 1. The first-order valence-corrected chi connectivity index (χ1v) is 8.64. The zero-order valence-corrected chi connectivity index (χ0v) is 14.6. The molecule has 1 saturated heterocycles. The molecule has 1 aliphatic rings. The van der Waals surface area contributed by atoms with E-state index in [2.05, 4.69) is 19.8 Å². The summed E-state index contributed by atoms with van der Waals surface area (Å²) >= 11 is 6.25. The van der Waals surface area contributed by atoms with E-state index in [9.17, 15) is 10.1 Å². The van der Waals surface area contributed by atoms with Crippen LogP contribution in [0.1, 0.15) is 0 Å². The van der Waals surface area contributed by atoms with Crippen molar-refractivity contribution in [3.05, 3.63) is 64.1 Å². The molecule has 1 aliphatic heterocycles. The van der Waals surface area contributed by atoms with E-state index in [1.807, 2.05) is 24.3 Å². The van der Waals surface area contributed by atoms with E-state index in [1.165, 1.54) is 0 Å². The Morgan fingerprint density at radius 2 is 1.77 bits per heavy atom. The molecule has 8 heteroatoms. The van der Waals surface area contributed by atoms with E-state index in [0.29, 0.717) is 10.4 Å². The first-order valence-electron chi connectivity index (χ1n) is 8.26. The minimum atomic E-state index is -0.366. The summed E-state index contributed by atoms with van der Waals surface area (Å²) in [4.78, 5) is 23.7. The average molecular weight is 370 g/mol. The first-order chi connectivity index (χ1) is 12.6. The maximum Gasteiger partial charge on any atom is 0.278 e. The number of piperazine rings is 1. The lowest BCUT2D eigenvalue weighted by molar-refractivity contribution is -0.383. The van der Waals surface area contributed by atoms with Crippen molar-refractivity contribution in [3.63, 3.8) is 0 Å². The van der Waals surface area contributed by atoms with Gasteiger partial charge in [-0.25, -0.2) is 4.98 Å². The van der Waals surface area contributed by atoms with Crippen LogP contribution >= 0.6 is 11.6 Å². The van der Waals surface area contributed by atoms with Crippen LogP contribution < -0.4 is 9.80 Å². The molecule has 3 aromatic rings. The summed E-state index contributed by atoms with van der Waals surface area (Å²) in [5.74, 6) is 0.798. The minimum Gasteiger partial charge on any atom is -0.367 e. The van der Waals surface area contributed by atoms with Gasteiger partial charge in [-0.2, -0.15) is 0 Å². The van der Waals surface area contributed by atoms with Crippen molar-refractivity contribution in [2.24, 2.45) is 0 Å². The van der Waals surface area contributed by atoms with Gasteiger partial charge in [0, 0.05) is 61.9 Å². The zero-order valence-electron chi connectivity index (χ0n) is 13.9. The van der Waals surface area contributed by atoms with Crippen LogP contribution in [0, 0.1) is 10.1 Å². The quantitative estimate of drug-likeness (QED) is 0.519. The zero-order chi connectivity index (χ0) is 18.1. The molecule has 7 nitrogen and oxygen atoms in total. The molecule has 0 N–H and O–H groups in total. The molecule has 1 fully saturated rings. The largest absolute Gasteiger partial charge is 0.367 e. The van der Waals surface area contributed by atoms with Crippen LogP contribution in [0.3, 0.4) is 0 Å². The molecular weight excluding hydrogens is 354 g/mol. The first kappa shape index (κ1) is 16.5. The van der Waals surface area contributed by atoms with E-state index in [0.717, 1.165) is 43.1 Å². The molecule has 0 spiro atoms. The van der Waals surface area contributed by atoms with Gasteiger partial charge in [-0.05, 0) is 24.3 Å². The molecule has 0 bridgehead atoms. The molecule has 3 heterocycles. The maximum absolute atomic E-state index is 11.3. The Bertz CT molecular complexity index is 973. The van der Waals surface area contributed by atoms with Crippen LogP contribution in [0.2, 0.25) is 5.02 Å². The van der Waals surface area contributed by atoms with Crippen LogP contribution in [0.15, 0.2) is 48.9 Å². The van der Waals surface area contributed by atoms with Crippen LogP contribution in [0.5, 0.6) is 0 Å². The van der Waals surface area contributed by atoms with Crippen molar-refractivity contribution in [2.45, 2.75) is 0 Å². The number of benzene rings is 1. The van der Waals surface area contributed by atoms with Crippen molar-refractivity contribution in [2.75, 3.05) is 36.0 Å². The normalized spacial score (nSPS) is 14.7. The van der Waals surface area contributed by atoms with E-state index in [1.54, 1.807) is 24.7 Å². The fourth-order valence-corrected chi connectivity index (χ4v) is 3.60. The smallest absolute Gasteiger partial charge is 0.278 e. The number of hydrogen-bond donors (Lipinski definition) is 0. The highest BCUT2D eigenvalue weighted by Crippen LogP contribution is 2.34. The standard InChI is InChI=1S/C18H16ClN5O2/c19-15-2-1-6-21-18(15)23-10-8-22(9-11-23)16-3-4-17(24(25)26)14-12-20-7-5-13(14)16/h1-7,12H,8-11H2.